The molecule has 0 spiro atoms. The molecular formula is C11H15N3O. The average molecular weight is 205 g/mol. The zero-order valence-corrected chi connectivity index (χ0v) is 8.79. The number of nitrogens with zero attached hydrogens (tertiary/aromatic N) is 1. The average Bonchev–Trinajstić information content (AvgIpc) is 2.63. The van der Waals surface area contributed by atoms with Crippen LogP contribution in [0.25, 0.3) is 11.0 Å². The predicted octanol–water partition coefficient (Wildman–Crippen LogP) is 1.46. The van der Waals surface area contributed by atoms with Gasteiger partial charge in [0.2, 0.25) is 5.88 Å². The molecule has 0 amide bonds. The third-order valence-electron chi connectivity index (χ3n) is 2.28. The first-order chi connectivity index (χ1) is 7.35. The third kappa shape index (κ3) is 1.94. The zero-order valence-electron chi connectivity index (χ0n) is 8.79. The van der Waals surface area contributed by atoms with Crippen LogP contribution in [0.15, 0.2) is 18.3 Å². The number of pyridine rings is 1. The molecule has 2 heterocycles. The highest BCUT2D eigenvalue weighted by Gasteiger charge is 2.05. The van der Waals surface area contributed by atoms with E-state index in [1.807, 2.05) is 25.3 Å². The maximum absolute atomic E-state index is 5.53. The van der Waals surface area contributed by atoms with E-state index in [1.165, 1.54) is 0 Å². The monoisotopic (exact) mass is 205 g/mol. The Morgan fingerprint density at radius 1 is 1.47 bits per heavy atom. The predicted molar refractivity (Wildman–Crippen MR) is 60.0 cm³/mol. The Balaban J connectivity index is 2.42. The van der Waals surface area contributed by atoms with Crippen LogP contribution in [-0.2, 0) is 6.42 Å². The van der Waals surface area contributed by atoms with Gasteiger partial charge in [0.25, 0.3) is 0 Å². The summed E-state index contributed by atoms with van der Waals surface area (Å²) in [6, 6.07) is 3.85. The molecule has 15 heavy (non-hydrogen) atoms. The highest BCUT2D eigenvalue weighted by atomic mass is 16.5. The summed E-state index contributed by atoms with van der Waals surface area (Å²) in [5.74, 6) is 0.669. The van der Waals surface area contributed by atoms with Gasteiger partial charge in [-0.1, -0.05) is 0 Å². The van der Waals surface area contributed by atoms with E-state index < -0.39 is 0 Å². The summed E-state index contributed by atoms with van der Waals surface area (Å²) in [5.41, 5.74) is 8.68. The number of nitrogens with two attached hydrogens (primary N) is 1. The van der Waals surface area contributed by atoms with Crippen molar-refractivity contribution < 1.29 is 4.74 Å². The van der Waals surface area contributed by atoms with Crippen molar-refractivity contribution in [2.24, 2.45) is 5.73 Å². The van der Waals surface area contributed by atoms with Gasteiger partial charge >= 0.3 is 0 Å². The quantitative estimate of drug-likeness (QED) is 0.794. The molecule has 0 bridgehead atoms. The first-order valence-electron chi connectivity index (χ1n) is 5.15. The van der Waals surface area contributed by atoms with Crippen molar-refractivity contribution in [3.05, 3.63) is 23.9 Å². The van der Waals surface area contributed by atoms with E-state index in [-0.39, 0.29) is 0 Å². The Hall–Kier alpha value is -1.55. The second kappa shape index (κ2) is 4.31. The van der Waals surface area contributed by atoms with E-state index in [0.29, 0.717) is 19.0 Å². The van der Waals surface area contributed by atoms with Crippen molar-refractivity contribution >= 4 is 11.0 Å². The Morgan fingerprint density at radius 2 is 2.33 bits per heavy atom. The molecule has 0 aliphatic heterocycles. The van der Waals surface area contributed by atoms with Gasteiger partial charge in [-0.2, -0.15) is 0 Å². The van der Waals surface area contributed by atoms with E-state index in [4.69, 9.17) is 10.5 Å². The molecule has 0 fully saturated rings. The van der Waals surface area contributed by atoms with Crippen LogP contribution in [0, 0.1) is 0 Å². The van der Waals surface area contributed by atoms with E-state index in [0.717, 1.165) is 23.0 Å². The lowest BCUT2D eigenvalue weighted by Crippen LogP contribution is -2.02. The van der Waals surface area contributed by atoms with Crippen molar-refractivity contribution in [3.8, 4) is 5.88 Å². The number of rotatable bonds is 4. The molecule has 2 aromatic heterocycles. The second-order valence-corrected chi connectivity index (χ2v) is 3.33. The minimum Gasteiger partial charge on any atom is -0.478 e. The van der Waals surface area contributed by atoms with Crippen molar-refractivity contribution in [1.82, 2.24) is 9.97 Å². The molecule has 0 aliphatic carbocycles. The van der Waals surface area contributed by atoms with Gasteiger partial charge in [0.1, 0.15) is 0 Å². The van der Waals surface area contributed by atoms with Crippen LogP contribution >= 0.6 is 0 Å². The maximum Gasteiger partial charge on any atom is 0.213 e. The number of hydrogen-bond acceptors (Lipinski definition) is 3. The van der Waals surface area contributed by atoms with Gasteiger partial charge in [0.05, 0.1) is 17.6 Å². The Kier molecular flexibility index (Phi) is 2.87. The minimum atomic E-state index is 0.632. The number of fused-ring (bicyclic) bond motifs is 1. The zero-order chi connectivity index (χ0) is 10.7. The Labute approximate surface area is 88.5 Å². The molecule has 0 saturated carbocycles. The van der Waals surface area contributed by atoms with Gasteiger partial charge in [-0.3, -0.25) is 0 Å². The van der Waals surface area contributed by atoms with Crippen LogP contribution < -0.4 is 10.5 Å². The highest BCUT2D eigenvalue weighted by Crippen LogP contribution is 2.19. The molecule has 2 aromatic rings. The molecule has 0 radical (unpaired) electrons. The molecule has 0 aromatic carbocycles. The van der Waals surface area contributed by atoms with E-state index >= 15 is 0 Å². The lowest BCUT2D eigenvalue weighted by atomic mass is 10.2. The standard InChI is InChI=1S/C11H15N3O/c1-2-15-10-4-3-9-11(14-10)8(5-6-12)7-13-9/h3-4,7,13H,2,5-6,12H2,1H3. The van der Waals surface area contributed by atoms with Crippen molar-refractivity contribution in [2.75, 3.05) is 13.2 Å². The number of aromatic nitrogens is 2. The van der Waals surface area contributed by atoms with E-state index in [2.05, 4.69) is 9.97 Å². The number of nitrogens with one attached hydrogen (secondary N) is 1. The molecule has 4 nitrogen and oxygen atoms in total. The molecule has 4 heteroatoms. The van der Waals surface area contributed by atoms with Crippen LogP contribution in [-0.4, -0.2) is 23.1 Å². The summed E-state index contributed by atoms with van der Waals surface area (Å²) in [4.78, 5) is 7.60. The molecule has 0 unspecified atom stereocenters. The SMILES string of the molecule is CCOc1ccc2[nH]cc(CCN)c2n1. The third-order valence-corrected chi connectivity index (χ3v) is 2.28. The summed E-state index contributed by atoms with van der Waals surface area (Å²) in [6.07, 6.45) is 2.79. The summed E-state index contributed by atoms with van der Waals surface area (Å²) in [7, 11) is 0. The molecular weight excluding hydrogens is 190 g/mol. The number of hydrogen-bond donors (Lipinski definition) is 2. The molecule has 2 rings (SSSR count). The maximum atomic E-state index is 5.53. The van der Waals surface area contributed by atoms with Gasteiger partial charge < -0.3 is 15.5 Å². The largest absolute Gasteiger partial charge is 0.478 e. The summed E-state index contributed by atoms with van der Waals surface area (Å²) >= 11 is 0. The molecule has 0 saturated heterocycles. The number of aromatic amines is 1. The summed E-state index contributed by atoms with van der Waals surface area (Å²) in [6.45, 7) is 3.21. The summed E-state index contributed by atoms with van der Waals surface area (Å²) in [5, 5.41) is 0. The minimum absolute atomic E-state index is 0.632. The van der Waals surface area contributed by atoms with Crippen LogP contribution in [0.5, 0.6) is 5.88 Å². The number of H-pyrrole nitrogens is 1. The molecule has 0 aliphatic rings. The van der Waals surface area contributed by atoms with Crippen LogP contribution in [0.3, 0.4) is 0 Å². The highest BCUT2D eigenvalue weighted by molar-refractivity contribution is 5.79. The summed E-state index contributed by atoms with van der Waals surface area (Å²) < 4.78 is 5.36. The van der Waals surface area contributed by atoms with Gasteiger partial charge in [-0.05, 0) is 31.5 Å². The van der Waals surface area contributed by atoms with Gasteiger partial charge in [0.15, 0.2) is 0 Å². The molecule has 3 N–H and O–H groups in total. The van der Waals surface area contributed by atoms with E-state index in [1.54, 1.807) is 0 Å². The van der Waals surface area contributed by atoms with Crippen LogP contribution in [0.1, 0.15) is 12.5 Å². The van der Waals surface area contributed by atoms with Gasteiger partial charge in [-0.15, -0.1) is 0 Å². The molecule has 0 atom stereocenters. The van der Waals surface area contributed by atoms with Crippen molar-refractivity contribution in [3.63, 3.8) is 0 Å². The normalized spacial score (nSPS) is 10.8. The fourth-order valence-electron chi connectivity index (χ4n) is 1.61. The fraction of sp³-hybridized carbons (Fsp3) is 0.364. The topological polar surface area (TPSA) is 63.9 Å². The smallest absolute Gasteiger partial charge is 0.213 e. The Bertz CT molecular complexity index is 450. The first kappa shape index (κ1) is 9.98. The van der Waals surface area contributed by atoms with Crippen LogP contribution in [0.4, 0.5) is 0 Å². The lowest BCUT2D eigenvalue weighted by Gasteiger charge is -2.02. The lowest BCUT2D eigenvalue weighted by molar-refractivity contribution is 0.328. The van der Waals surface area contributed by atoms with Gasteiger partial charge in [0, 0.05) is 12.3 Å². The number of ether oxygens (including phenoxy) is 1. The molecule has 80 valence electrons. The van der Waals surface area contributed by atoms with Crippen molar-refractivity contribution in [2.45, 2.75) is 13.3 Å². The van der Waals surface area contributed by atoms with Gasteiger partial charge in [-0.25, -0.2) is 4.98 Å². The second-order valence-electron chi connectivity index (χ2n) is 3.33. The van der Waals surface area contributed by atoms with Crippen LogP contribution in [0.2, 0.25) is 0 Å². The Morgan fingerprint density at radius 3 is 3.07 bits per heavy atom. The fourth-order valence-corrected chi connectivity index (χ4v) is 1.61. The van der Waals surface area contributed by atoms with E-state index in [9.17, 15) is 0 Å². The van der Waals surface area contributed by atoms with Crippen molar-refractivity contribution in [1.29, 1.82) is 0 Å². The first-order valence-corrected chi connectivity index (χ1v) is 5.15.